The lowest BCUT2D eigenvalue weighted by Gasteiger charge is -2.56. The van der Waals surface area contributed by atoms with Crippen LogP contribution in [0.1, 0.15) is 59.2 Å². The van der Waals surface area contributed by atoms with Crippen molar-refractivity contribution in [1.29, 1.82) is 0 Å². The average molecular weight is 327 g/mol. The summed E-state index contributed by atoms with van der Waals surface area (Å²) >= 11 is 0. The van der Waals surface area contributed by atoms with Gasteiger partial charge in [-0.25, -0.2) is 4.79 Å². The number of nitrogens with one attached hydrogen (secondary N) is 1. The number of benzene rings is 1. The summed E-state index contributed by atoms with van der Waals surface area (Å²) in [6.45, 7) is 0.800. The minimum absolute atomic E-state index is 0.0397. The molecule has 0 spiro atoms. The van der Waals surface area contributed by atoms with Crippen molar-refractivity contribution in [1.82, 2.24) is 5.32 Å². The van der Waals surface area contributed by atoms with E-state index in [1.807, 2.05) is 0 Å². The smallest absolute Gasteiger partial charge is 0.337 e. The molecule has 4 saturated carbocycles. The summed E-state index contributed by atoms with van der Waals surface area (Å²) in [6, 6.07) is 6.68. The highest BCUT2D eigenvalue weighted by Crippen LogP contribution is 2.59. The van der Waals surface area contributed by atoms with Gasteiger partial charge in [0.25, 0.3) is 5.91 Å². The van der Waals surface area contributed by atoms with Crippen molar-refractivity contribution in [2.75, 3.05) is 13.7 Å². The van der Waals surface area contributed by atoms with E-state index >= 15 is 0 Å². The number of hydrogen-bond donors (Lipinski definition) is 1. The van der Waals surface area contributed by atoms with Crippen LogP contribution in [0.3, 0.4) is 0 Å². The number of carbonyl (C=O) groups is 2. The van der Waals surface area contributed by atoms with E-state index in [0.29, 0.717) is 16.5 Å². The molecule has 4 nitrogen and oxygen atoms in total. The predicted octanol–water partition coefficient (Wildman–Crippen LogP) is 3.42. The summed E-state index contributed by atoms with van der Waals surface area (Å²) in [5.74, 6) is 2.27. The van der Waals surface area contributed by atoms with E-state index in [4.69, 9.17) is 0 Å². The van der Waals surface area contributed by atoms with Gasteiger partial charge in [-0.3, -0.25) is 4.79 Å². The molecule has 128 valence electrons. The first-order chi connectivity index (χ1) is 11.6. The molecule has 0 saturated heterocycles. The lowest BCUT2D eigenvalue weighted by molar-refractivity contribution is -0.0503. The molecule has 4 heteroatoms. The molecule has 5 rings (SSSR count). The van der Waals surface area contributed by atoms with Gasteiger partial charge >= 0.3 is 5.97 Å². The highest BCUT2D eigenvalue weighted by molar-refractivity contribution is 5.96. The van der Waals surface area contributed by atoms with Crippen LogP contribution in [-0.2, 0) is 4.74 Å². The molecule has 24 heavy (non-hydrogen) atoms. The van der Waals surface area contributed by atoms with Crippen molar-refractivity contribution < 1.29 is 14.3 Å². The van der Waals surface area contributed by atoms with Gasteiger partial charge in [-0.15, -0.1) is 0 Å². The average Bonchev–Trinajstić information content (AvgIpc) is 2.58. The predicted molar refractivity (Wildman–Crippen MR) is 90.7 cm³/mol. The van der Waals surface area contributed by atoms with Crippen LogP contribution in [0.5, 0.6) is 0 Å². The number of amides is 1. The largest absolute Gasteiger partial charge is 0.465 e. The van der Waals surface area contributed by atoms with Crippen molar-refractivity contribution in [3.8, 4) is 0 Å². The standard InChI is InChI=1S/C20H25NO3/c1-24-19(23)17-4-2-16(3-5-17)18(22)21-12-20-9-13-6-14(10-20)8-15(7-13)11-20/h2-5,13-15H,6-12H2,1H3,(H,21,22). The lowest BCUT2D eigenvalue weighted by Crippen LogP contribution is -2.51. The summed E-state index contributed by atoms with van der Waals surface area (Å²) in [5, 5.41) is 3.16. The van der Waals surface area contributed by atoms with Crippen LogP contribution in [-0.4, -0.2) is 25.5 Å². The van der Waals surface area contributed by atoms with Gasteiger partial charge in [-0.05, 0) is 86.0 Å². The van der Waals surface area contributed by atoms with Gasteiger partial charge in [0.15, 0.2) is 0 Å². The third-order valence-corrected chi connectivity index (χ3v) is 6.36. The molecule has 4 aliphatic carbocycles. The Morgan fingerprint density at radius 3 is 2.00 bits per heavy atom. The van der Waals surface area contributed by atoms with Gasteiger partial charge in [0.1, 0.15) is 0 Å². The molecule has 4 bridgehead atoms. The molecule has 1 aromatic carbocycles. The van der Waals surface area contributed by atoms with Gasteiger partial charge in [-0.2, -0.15) is 0 Å². The number of methoxy groups -OCH3 is 1. The maximum atomic E-state index is 12.5. The van der Waals surface area contributed by atoms with Crippen LogP contribution in [0.4, 0.5) is 0 Å². The number of rotatable bonds is 4. The van der Waals surface area contributed by atoms with E-state index in [1.54, 1.807) is 24.3 Å². The van der Waals surface area contributed by atoms with E-state index in [2.05, 4.69) is 10.1 Å². The second kappa shape index (κ2) is 5.91. The first-order valence-electron chi connectivity index (χ1n) is 9.03. The zero-order valence-corrected chi connectivity index (χ0v) is 14.2. The van der Waals surface area contributed by atoms with Crippen LogP contribution >= 0.6 is 0 Å². The van der Waals surface area contributed by atoms with E-state index < -0.39 is 0 Å². The van der Waals surface area contributed by atoms with Gasteiger partial charge in [0.2, 0.25) is 0 Å². The van der Waals surface area contributed by atoms with E-state index in [9.17, 15) is 9.59 Å². The highest BCUT2D eigenvalue weighted by atomic mass is 16.5. The Morgan fingerprint density at radius 2 is 1.50 bits per heavy atom. The Balaban J connectivity index is 1.39. The second-order valence-electron chi connectivity index (χ2n) is 8.17. The third-order valence-electron chi connectivity index (χ3n) is 6.36. The molecule has 4 aliphatic rings. The van der Waals surface area contributed by atoms with Gasteiger partial charge in [0.05, 0.1) is 12.7 Å². The van der Waals surface area contributed by atoms with Gasteiger partial charge in [0, 0.05) is 12.1 Å². The second-order valence-corrected chi connectivity index (χ2v) is 8.17. The van der Waals surface area contributed by atoms with Crippen molar-refractivity contribution in [3.63, 3.8) is 0 Å². The van der Waals surface area contributed by atoms with E-state index in [0.717, 1.165) is 24.3 Å². The molecule has 4 fully saturated rings. The SMILES string of the molecule is COC(=O)c1ccc(C(=O)NCC23CC4CC(CC(C4)C2)C3)cc1. The maximum Gasteiger partial charge on any atom is 0.337 e. The van der Waals surface area contributed by atoms with Crippen LogP contribution < -0.4 is 5.32 Å². The Morgan fingerprint density at radius 1 is 1.00 bits per heavy atom. The Bertz CT molecular complexity index is 614. The van der Waals surface area contributed by atoms with Gasteiger partial charge in [-0.1, -0.05) is 0 Å². The lowest BCUT2D eigenvalue weighted by atomic mass is 9.49. The van der Waals surface area contributed by atoms with E-state index in [-0.39, 0.29) is 11.9 Å². The molecule has 0 aliphatic heterocycles. The zero-order valence-electron chi connectivity index (χ0n) is 14.2. The van der Waals surface area contributed by atoms with Crippen LogP contribution in [0.15, 0.2) is 24.3 Å². The quantitative estimate of drug-likeness (QED) is 0.862. The molecule has 1 aromatic rings. The monoisotopic (exact) mass is 327 g/mol. The Labute approximate surface area is 143 Å². The summed E-state index contributed by atoms with van der Waals surface area (Å²) < 4.78 is 4.68. The number of ether oxygens (including phenoxy) is 1. The zero-order chi connectivity index (χ0) is 16.7. The van der Waals surface area contributed by atoms with Crippen molar-refractivity contribution in [3.05, 3.63) is 35.4 Å². The molecular formula is C20H25NO3. The molecule has 0 atom stereocenters. The molecule has 1 amide bonds. The number of hydrogen-bond acceptors (Lipinski definition) is 3. The summed E-state index contributed by atoms with van der Waals surface area (Å²) in [5.41, 5.74) is 1.42. The Kier molecular flexibility index (Phi) is 3.86. The molecule has 0 radical (unpaired) electrons. The molecule has 1 N–H and O–H groups in total. The topological polar surface area (TPSA) is 55.4 Å². The van der Waals surface area contributed by atoms with Crippen LogP contribution in [0, 0.1) is 23.2 Å². The summed E-state index contributed by atoms with van der Waals surface area (Å²) in [6.07, 6.45) is 8.13. The third kappa shape index (κ3) is 2.83. The fourth-order valence-corrected chi connectivity index (χ4v) is 5.75. The number of carbonyl (C=O) groups excluding carboxylic acids is 2. The maximum absolute atomic E-state index is 12.5. The first kappa shape index (κ1) is 15.7. The fourth-order valence-electron chi connectivity index (χ4n) is 5.75. The minimum atomic E-state index is -0.379. The highest BCUT2D eigenvalue weighted by Gasteiger charge is 2.50. The fraction of sp³-hybridized carbons (Fsp3) is 0.600. The van der Waals surface area contributed by atoms with Crippen molar-refractivity contribution in [2.45, 2.75) is 38.5 Å². The number of esters is 1. The molecule has 0 heterocycles. The first-order valence-corrected chi connectivity index (χ1v) is 9.03. The summed E-state index contributed by atoms with van der Waals surface area (Å²) in [4.78, 5) is 23.9. The van der Waals surface area contributed by atoms with Crippen molar-refractivity contribution in [2.24, 2.45) is 23.2 Å². The molecule has 0 unspecified atom stereocenters. The van der Waals surface area contributed by atoms with E-state index in [1.165, 1.54) is 45.6 Å². The van der Waals surface area contributed by atoms with Crippen LogP contribution in [0.25, 0.3) is 0 Å². The Hall–Kier alpha value is -1.84. The molecule has 0 aromatic heterocycles. The van der Waals surface area contributed by atoms with Crippen LogP contribution in [0.2, 0.25) is 0 Å². The normalized spacial score (nSPS) is 33.3. The minimum Gasteiger partial charge on any atom is -0.465 e. The van der Waals surface area contributed by atoms with Gasteiger partial charge < -0.3 is 10.1 Å². The summed E-state index contributed by atoms with van der Waals surface area (Å²) in [7, 11) is 1.36. The van der Waals surface area contributed by atoms with Crippen molar-refractivity contribution >= 4 is 11.9 Å². The molecular weight excluding hydrogens is 302 g/mol.